The van der Waals surface area contributed by atoms with Crippen molar-refractivity contribution >= 4 is 45.2 Å². The fraction of sp³-hybridized carbons (Fsp3) is 0.316. The Balaban J connectivity index is 1.66. The van der Waals surface area contributed by atoms with Crippen molar-refractivity contribution in [3.8, 4) is 0 Å². The standard InChI is InChI=1S/C19H21N3O2S/c1-3-12(2)20-19-22-18(24)16(25-19)11-17(23)21-15-10-6-8-13-7-4-5-9-14(13)15/h4-10,12,16H,3,11H2,1-2H3,(H,21,23)(H,20,22,24)/t12-,16+/m1/s1. The summed E-state index contributed by atoms with van der Waals surface area (Å²) in [5, 5.41) is 7.92. The van der Waals surface area contributed by atoms with Crippen LogP contribution in [0.1, 0.15) is 26.7 Å². The van der Waals surface area contributed by atoms with Crippen LogP contribution < -0.4 is 10.6 Å². The summed E-state index contributed by atoms with van der Waals surface area (Å²) in [5.41, 5.74) is 0.764. The molecule has 0 aromatic heterocycles. The number of rotatable bonds is 5. The molecule has 3 rings (SSSR count). The molecular weight excluding hydrogens is 334 g/mol. The average Bonchev–Trinajstić information content (AvgIpc) is 2.94. The molecule has 0 radical (unpaired) electrons. The molecule has 1 heterocycles. The molecule has 1 aliphatic rings. The number of thioether (sulfide) groups is 1. The second-order valence-corrected chi connectivity index (χ2v) is 7.26. The van der Waals surface area contributed by atoms with Gasteiger partial charge in [-0.2, -0.15) is 0 Å². The van der Waals surface area contributed by atoms with Crippen molar-refractivity contribution in [1.29, 1.82) is 0 Å². The minimum atomic E-state index is -0.433. The van der Waals surface area contributed by atoms with Crippen molar-refractivity contribution < 1.29 is 9.59 Å². The van der Waals surface area contributed by atoms with Gasteiger partial charge >= 0.3 is 0 Å². The SMILES string of the molecule is CC[C@@H](C)N=C1NC(=O)[C@H](CC(=O)Nc2cccc3ccccc23)S1. The molecule has 0 bridgehead atoms. The predicted octanol–water partition coefficient (Wildman–Crippen LogP) is 3.55. The minimum absolute atomic E-state index is 0.124. The molecule has 0 unspecified atom stereocenters. The quantitative estimate of drug-likeness (QED) is 0.861. The topological polar surface area (TPSA) is 70.6 Å². The molecule has 5 nitrogen and oxygen atoms in total. The van der Waals surface area contributed by atoms with E-state index >= 15 is 0 Å². The molecule has 0 aliphatic carbocycles. The summed E-state index contributed by atoms with van der Waals surface area (Å²) in [6, 6.07) is 13.8. The van der Waals surface area contributed by atoms with E-state index in [1.165, 1.54) is 11.8 Å². The highest BCUT2D eigenvalue weighted by atomic mass is 32.2. The Bertz CT molecular complexity index is 829. The molecular formula is C19H21N3O2S. The maximum absolute atomic E-state index is 12.4. The maximum atomic E-state index is 12.4. The monoisotopic (exact) mass is 355 g/mol. The molecule has 25 heavy (non-hydrogen) atoms. The summed E-state index contributed by atoms with van der Waals surface area (Å²) in [6.45, 7) is 4.05. The van der Waals surface area contributed by atoms with Crippen LogP contribution in [-0.2, 0) is 9.59 Å². The Morgan fingerprint density at radius 2 is 2.04 bits per heavy atom. The number of aliphatic imine (C=N–C) groups is 1. The van der Waals surface area contributed by atoms with Crippen molar-refractivity contribution in [1.82, 2.24) is 5.32 Å². The third-order valence-corrected chi connectivity index (χ3v) is 5.24. The normalized spacial score (nSPS) is 19.8. The molecule has 2 amide bonds. The first-order chi connectivity index (χ1) is 12.1. The van der Waals surface area contributed by atoms with Gasteiger partial charge in [0, 0.05) is 23.5 Å². The van der Waals surface area contributed by atoms with E-state index in [0.717, 1.165) is 22.9 Å². The van der Waals surface area contributed by atoms with Crippen molar-refractivity contribution in [2.24, 2.45) is 4.99 Å². The molecule has 1 fully saturated rings. The highest BCUT2D eigenvalue weighted by Gasteiger charge is 2.32. The summed E-state index contributed by atoms with van der Waals surface area (Å²) in [7, 11) is 0. The fourth-order valence-electron chi connectivity index (χ4n) is 2.60. The van der Waals surface area contributed by atoms with Gasteiger partial charge in [0.2, 0.25) is 11.8 Å². The van der Waals surface area contributed by atoms with Crippen LogP contribution in [0, 0.1) is 0 Å². The number of benzene rings is 2. The zero-order valence-electron chi connectivity index (χ0n) is 14.3. The van der Waals surface area contributed by atoms with Gasteiger partial charge in [0.1, 0.15) is 5.25 Å². The first kappa shape index (κ1) is 17.5. The van der Waals surface area contributed by atoms with E-state index in [1.54, 1.807) is 0 Å². The van der Waals surface area contributed by atoms with Gasteiger partial charge in [0.25, 0.3) is 0 Å². The first-order valence-electron chi connectivity index (χ1n) is 8.39. The van der Waals surface area contributed by atoms with Gasteiger partial charge in [-0.25, -0.2) is 0 Å². The van der Waals surface area contributed by atoms with Crippen LogP contribution >= 0.6 is 11.8 Å². The predicted molar refractivity (Wildman–Crippen MR) is 104 cm³/mol. The zero-order chi connectivity index (χ0) is 17.8. The number of carbonyl (C=O) groups is 2. The van der Waals surface area contributed by atoms with Gasteiger partial charge in [-0.15, -0.1) is 0 Å². The van der Waals surface area contributed by atoms with Crippen molar-refractivity contribution in [3.05, 3.63) is 42.5 Å². The molecule has 2 aromatic rings. The smallest absolute Gasteiger partial charge is 0.240 e. The number of fused-ring (bicyclic) bond motifs is 1. The van der Waals surface area contributed by atoms with Gasteiger partial charge < -0.3 is 10.6 Å². The lowest BCUT2D eigenvalue weighted by molar-refractivity contribution is -0.122. The lowest BCUT2D eigenvalue weighted by atomic mass is 10.1. The van der Waals surface area contributed by atoms with E-state index in [4.69, 9.17) is 0 Å². The molecule has 2 N–H and O–H groups in total. The Kier molecular flexibility index (Phi) is 5.38. The van der Waals surface area contributed by atoms with E-state index in [2.05, 4.69) is 15.6 Å². The van der Waals surface area contributed by atoms with Crippen LogP contribution in [0.15, 0.2) is 47.5 Å². The van der Waals surface area contributed by atoms with Crippen LogP contribution in [0.5, 0.6) is 0 Å². The Morgan fingerprint density at radius 1 is 1.28 bits per heavy atom. The van der Waals surface area contributed by atoms with Crippen LogP contribution in [0.3, 0.4) is 0 Å². The maximum Gasteiger partial charge on any atom is 0.240 e. The summed E-state index contributed by atoms with van der Waals surface area (Å²) in [5.74, 6) is -0.325. The van der Waals surface area contributed by atoms with Crippen molar-refractivity contribution in [2.45, 2.75) is 38.0 Å². The number of amidine groups is 1. The third-order valence-electron chi connectivity index (χ3n) is 4.14. The molecule has 2 atom stereocenters. The Morgan fingerprint density at radius 3 is 2.84 bits per heavy atom. The summed E-state index contributed by atoms with van der Waals surface area (Å²) >= 11 is 1.33. The number of carbonyl (C=O) groups excluding carboxylic acids is 2. The molecule has 130 valence electrons. The van der Waals surface area contributed by atoms with Gasteiger partial charge in [-0.3, -0.25) is 14.6 Å². The highest BCUT2D eigenvalue weighted by molar-refractivity contribution is 8.15. The van der Waals surface area contributed by atoms with Crippen molar-refractivity contribution in [3.63, 3.8) is 0 Å². The van der Waals surface area contributed by atoms with Gasteiger partial charge in [0.05, 0.1) is 0 Å². The van der Waals surface area contributed by atoms with Crippen LogP contribution in [-0.4, -0.2) is 28.3 Å². The molecule has 1 saturated heterocycles. The molecule has 6 heteroatoms. The molecule has 2 aromatic carbocycles. The van der Waals surface area contributed by atoms with E-state index in [9.17, 15) is 9.59 Å². The van der Waals surface area contributed by atoms with Crippen LogP contribution in [0.25, 0.3) is 10.8 Å². The Hall–Kier alpha value is -2.34. The van der Waals surface area contributed by atoms with Gasteiger partial charge in [-0.05, 0) is 24.8 Å². The van der Waals surface area contributed by atoms with E-state index in [-0.39, 0.29) is 24.3 Å². The van der Waals surface area contributed by atoms with E-state index in [1.807, 2.05) is 56.3 Å². The van der Waals surface area contributed by atoms with E-state index in [0.29, 0.717) is 5.17 Å². The molecule has 1 aliphatic heterocycles. The number of anilines is 1. The molecule has 0 spiro atoms. The minimum Gasteiger partial charge on any atom is -0.325 e. The number of nitrogens with one attached hydrogen (secondary N) is 2. The van der Waals surface area contributed by atoms with Gasteiger partial charge in [-0.1, -0.05) is 55.1 Å². The lowest BCUT2D eigenvalue weighted by Crippen LogP contribution is -2.28. The summed E-state index contributed by atoms with van der Waals surface area (Å²) < 4.78 is 0. The Labute approximate surface area is 151 Å². The number of hydrogen-bond donors (Lipinski definition) is 2. The number of amides is 2. The fourth-order valence-corrected chi connectivity index (χ4v) is 3.67. The third kappa shape index (κ3) is 4.20. The van der Waals surface area contributed by atoms with E-state index < -0.39 is 5.25 Å². The largest absolute Gasteiger partial charge is 0.325 e. The van der Waals surface area contributed by atoms with Crippen LogP contribution in [0.2, 0.25) is 0 Å². The van der Waals surface area contributed by atoms with Crippen molar-refractivity contribution in [2.75, 3.05) is 5.32 Å². The lowest BCUT2D eigenvalue weighted by Gasteiger charge is -2.10. The summed E-state index contributed by atoms with van der Waals surface area (Å²) in [6.07, 6.45) is 1.03. The number of nitrogens with zero attached hydrogens (tertiary/aromatic N) is 1. The first-order valence-corrected chi connectivity index (χ1v) is 9.27. The van der Waals surface area contributed by atoms with Crippen LogP contribution in [0.4, 0.5) is 5.69 Å². The number of hydrogen-bond acceptors (Lipinski definition) is 4. The zero-order valence-corrected chi connectivity index (χ0v) is 15.1. The average molecular weight is 355 g/mol. The highest BCUT2D eigenvalue weighted by Crippen LogP contribution is 2.26. The summed E-state index contributed by atoms with van der Waals surface area (Å²) in [4.78, 5) is 28.9. The second-order valence-electron chi connectivity index (χ2n) is 6.07. The molecule has 0 saturated carbocycles. The van der Waals surface area contributed by atoms with Gasteiger partial charge in [0.15, 0.2) is 5.17 Å². The second kappa shape index (κ2) is 7.70.